The summed E-state index contributed by atoms with van der Waals surface area (Å²) >= 11 is 2.49. The van der Waals surface area contributed by atoms with Crippen LogP contribution in [0, 0.1) is 0 Å². The molecule has 66 valence electrons. The summed E-state index contributed by atoms with van der Waals surface area (Å²) < 4.78 is 16.9. The highest BCUT2D eigenvalue weighted by molar-refractivity contribution is 9.09. The van der Waals surface area contributed by atoms with Crippen LogP contribution >= 0.6 is 15.9 Å². The van der Waals surface area contributed by atoms with Gasteiger partial charge in [0.25, 0.3) is 5.08 Å². The van der Waals surface area contributed by atoms with Gasteiger partial charge in [-0.25, -0.2) is 9.18 Å². The maximum absolute atomic E-state index is 12.2. The van der Waals surface area contributed by atoms with Crippen molar-refractivity contribution in [1.82, 2.24) is 0 Å². The van der Waals surface area contributed by atoms with E-state index in [1.165, 1.54) is 0 Å². The number of rotatable bonds is 4. The Morgan fingerprint density at radius 3 is 2.27 bits per heavy atom. The van der Waals surface area contributed by atoms with Crippen LogP contribution in [-0.2, 0) is 9.53 Å². The Morgan fingerprint density at radius 1 is 1.55 bits per heavy atom. The molecule has 0 aliphatic heterocycles. The second-order valence-electron chi connectivity index (χ2n) is 2.18. The first-order valence-electron chi connectivity index (χ1n) is 3.60. The lowest BCUT2D eigenvalue weighted by atomic mass is 10.2. The summed E-state index contributed by atoms with van der Waals surface area (Å²) in [5.74, 6) is -0.835. The third-order valence-electron chi connectivity index (χ3n) is 1.37. The van der Waals surface area contributed by atoms with Gasteiger partial charge in [-0.3, -0.25) is 0 Å². The summed E-state index contributed by atoms with van der Waals surface area (Å²) in [4.78, 5) is 10.6. The Morgan fingerprint density at radius 2 is 2.00 bits per heavy atom. The van der Waals surface area contributed by atoms with Crippen LogP contribution < -0.4 is 0 Å². The minimum absolute atomic E-state index is 0.154. The lowest BCUT2D eigenvalue weighted by molar-refractivity contribution is -0.151. The number of ether oxygens (including phenoxy) is 1. The Hall–Kier alpha value is -0.120. The van der Waals surface area contributed by atoms with E-state index < -0.39 is 11.1 Å². The van der Waals surface area contributed by atoms with Gasteiger partial charge in [0.15, 0.2) is 0 Å². The van der Waals surface area contributed by atoms with E-state index in [2.05, 4.69) is 15.9 Å². The van der Waals surface area contributed by atoms with Gasteiger partial charge in [0.2, 0.25) is 0 Å². The van der Waals surface area contributed by atoms with E-state index in [4.69, 9.17) is 4.74 Å². The molecule has 0 N–H and O–H groups in total. The van der Waals surface area contributed by atoms with Crippen LogP contribution in [0.15, 0.2) is 0 Å². The van der Waals surface area contributed by atoms with Crippen molar-refractivity contribution in [1.29, 1.82) is 0 Å². The molecule has 0 heterocycles. The lowest BCUT2D eigenvalue weighted by Crippen LogP contribution is -2.20. The molecule has 1 unspecified atom stereocenters. The number of carbonyl (C=O) groups excluding carboxylic acids is 1. The molecule has 0 saturated heterocycles. The summed E-state index contributed by atoms with van der Waals surface area (Å²) in [6.45, 7) is 3.78. The molecule has 1 atom stereocenters. The normalized spacial score (nSPS) is 13.2. The van der Waals surface area contributed by atoms with Crippen molar-refractivity contribution in [3.8, 4) is 0 Å². The molecule has 0 aromatic carbocycles. The second-order valence-corrected chi connectivity index (χ2v) is 2.98. The minimum Gasteiger partial charge on any atom is -0.460 e. The predicted molar refractivity (Wildman–Crippen MR) is 44.3 cm³/mol. The average molecular weight is 227 g/mol. The topological polar surface area (TPSA) is 26.3 Å². The van der Waals surface area contributed by atoms with Crippen LogP contribution in [-0.4, -0.2) is 17.2 Å². The molecule has 0 amide bonds. The summed E-state index contributed by atoms with van der Waals surface area (Å²) in [6, 6.07) is 0. The van der Waals surface area contributed by atoms with Crippen molar-refractivity contribution in [3.63, 3.8) is 0 Å². The number of esters is 1. The van der Waals surface area contributed by atoms with Crippen molar-refractivity contribution in [2.45, 2.75) is 37.9 Å². The molecule has 0 bridgehead atoms. The highest BCUT2D eigenvalue weighted by Crippen LogP contribution is 2.09. The number of hydrogen-bond acceptors (Lipinski definition) is 2. The Kier molecular flexibility index (Phi) is 5.46. The SMILES string of the molecule is CCC(CC)OC(=O)C(F)Br. The van der Waals surface area contributed by atoms with E-state index in [1.807, 2.05) is 13.8 Å². The fourth-order valence-corrected chi connectivity index (χ4v) is 0.779. The van der Waals surface area contributed by atoms with Gasteiger partial charge < -0.3 is 4.74 Å². The van der Waals surface area contributed by atoms with Gasteiger partial charge in [-0.2, -0.15) is 0 Å². The van der Waals surface area contributed by atoms with Crippen molar-refractivity contribution in [2.75, 3.05) is 0 Å². The van der Waals surface area contributed by atoms with Crippen molar-refractivity contribution in [3.05, 3.63) is 0 Å². The first kappa shape index (κ1) is 10.9. The third-order valence-corrected chi connectivity index (χ3v) is 1.75. The van der Waals surface area contributed by atoms with E-state index in [0.717, 1.165) is 12.8 Å². The first-order valence-corrected chi connectivity index (χ1v) is 4.52. The van der Waals surface area contributed by atoms with Crippen LogP contribution in [0.3, 0.4) is 0 Å². The smallest absolute Gasteiger partial charge is 0.352 e. The molecular weight excluding hydrogens is 215 g/mol. The molecule has 0 saturated carbocycles. The van der Waals surface area contributed by atoms with Crippen molar-refractivity contribution < 1.29 is 13.9 Å². The van der Waals surface area contributed by atoms with E-state index in [9.17, 15) is 9.18 Å². The standard InChI is InChI=1S/C7H12BrFO2/c1-3-5(4-2)11-7(10)6(8)9/h5-6H,3-4H2,1-2H3. The molecule has 4 heteroatoms. The molecule has 0 aliphatic rings. The molecule has 0 radical (unpaired) electrons. The summed E-state index contributed by atoms with van der Waals surface area (Å²) in [5, 5.41) is -1.69. The van der Waals surface area contributed by atoms with E-state index in [-0.39, 0.29) is 6.10 Å². The van der Waals surface area contributed by atoms with Gasteiger partial charge in [0.1, 0.15) is 6.10 Å². The van der Waals surface area contributed by atoms with Gasteiger partial charge >= 0.3 is 5.97 Å². The molecule has 0 fully saturated rings. The third kappa shape index (κ3) is 4.35. The molecule has 0 rings (SSSR count). The maximum atomic E-state index is 12.2. The second kappa shape index (κ2) is 5.52. The van der Waals surface area contributed by atoms with Crippen LogP contribution in [0.2, 0.25) is 0 Å². The molecule has 0 aromatic rings. The maximum Gasteiger partial charge on any atom is 0.352 e. The van der Waals surface area contributed by atoms with Crippen molar-refractivity contribution in [2.24, 2.45) is 0 Å². The number of alkyl halides is 2. The molecular formula is C7H12BrFO2. The van der Waals surface area contributed by atoms with Crippen LogP contribution in [0.4, 0.5) is 4.39 Å². The fraction of sp³-hybridized carbons (Fsp3) is 0.857. The minimum atomic E-state index is -1.69. The molecule has 0 aliphatic carbocycles. The highest BCUT2D eigenvalue weighted by Gasteiger charge is 2.17. The van der Waals surface area contributed by atoms with Gasteiger partial charge in [-0.05, 0) is 28.8 Å². The van der Waals surface area contributed by atoms with Crippen molar-refractivity contribution >= 4 is 21.9 Å². The quantitative estimate of drug-likeness (QED) is 0.544. The fourth-order valence-electron chi connectivity index (χ4n) is 0.671. The van der Waals surface area contributed by atoms with E-state index in [0.29, 0.717) is 0 Å². The van der Waals surface area contributed by atoms with Crippen LogP contribution in [0.25, 0.3) is 0 Å². The Bertz CT molecular complexity index is 124. The zero-order valence-electron chi connectivity index (χ0n) is 6.64. The van der Waals surface area contributed by atoms with E-state index in [1.54, 1.807) is 0 Å². The van der Waals surface area contributed by atoms with Crippen LogP contribution in [0.5, 0.6) is 0 Å². The zero-order valence-corrected chi connectivity index (χ0v) is 8.23. The predicted octanol–water partition coefficient (Wildman–Crippen LogP) is 2.41. The zero-order chi connectivity index (χ0) is 8.85. The van der Waals surface area contributed by atoms with Gasteiger partial charge in [0.05, 0.1) is 0 Å². The number of carbonyl (C=O) groups is 1. The van der Waals surface area contributed by atoms with Gasteiger partial charge in [-0.1, -0.05) is 13.8 Å². The van der Waals surface area contributed by atoms with E-state index >= 15 is 0 Å². The number of hydrogen-bond donors (Lipinski definition) is 0. The molecule has 11 heavy (non-hydrogen) atoms. The Labute approximate surface area is 74.2 Å². The highest BCUT2D eigenvalue weighted by atomic mass is 79.9. The summed E-state index contributed by atoms with van der Waals surface area (Å²) in [6.07, 6.45) is 1.29. The lowest BCUT2D eigenvalue weighted by Gasteiger charge is -2.13. The molecule has 0 aromatic heterocycles. The first-order chi connectivity index (χ1) is 5.11. The largest absolute Gasteiger partial charge is 0.460 e. The monoisotopic (exact) mass is 226 g/mol. The average Bonchev–Trinajstić information content (AvgIpc) is 1.99. The summed E-state index contributed by atoms with van der Waals surface area (Å²) in [7, 11) is 0. The van der Waals surface area contributed by atoms with Gasteiger partial charge in [0, 0.05) is 0 Å². The number of halogens is 2. The Balaban J connectivity index is 3.72. The molecule has 2 nitrogen and oxygen atoms in total. The molecule has 0 spiro atoms. The van der Waals surface area contributed by atoms with Crippen LogP contribution in [0.1, 0.15) is 26.7 Å². The summed E-state index contributed by atoms with van der Waals surface area (Å²) in [5.41, 5.74) is 0. The van der Waals surface area contributed by atoms with Gasteiger partial charge in [-0.15, -0.1) is 0 Å².